The lowest BCUT2D eigenvalue weighted by Crippen LogP contribution is -2.57. The van der Waals surface area contributed by atoms with E-state index < -0.39 is 48.4 Å². The molecule has 0 aliphatic carbocycles. The Kier molecular flexibility index (Phi) is 9.67. The molecule has 13 heteroatoms. The fraction of sp³-hybridized carbons (Fsp3) is 0.500. The van der Waals surface area contributed by atoms with Crippen LogP contribution in [0.5, 0.6) is 0 Å². The van der Waals surface area contributed by atoms with Crippen molar-refractivity contribution in [1.82, 2.24) is 25.9 Å². The van der Waals surface area contributed by atoms with E-state index in [4.69, 9.17) is 10.8 Å². The average Bonchev–Trinajstić information content (AvgIpc) is 3.15. The third-order valence-corrected chi connectivity index (χ3v) is 4.13. The predicted octanol–water partition coefficient (Wildman–Crippen LogP) is -2.69. The SMILES string of the molecule is NC(CS)C(=O)NC(Cc1cnc[nH]1)C(=O)NC(CS)C(=O)NCC(=O)O. The number of carboxylic acid groups (broad SMARTS) is 1. The Morgan fingerprint density at radius 1 is 1.11 bits per heavy atom. The summed E-state index contributed by atoms with van der Waals surface area (Å²) in [6, 6.07) is -3.04. The number of aromatic nitrogens is 2. The Morgan fingerprint density at radius 3 is 2.30 bits per heavy atom. The molecule has 0 aromatic carbocycles. The molecule has 3 amide bonds. The van der Waals surface area contributed by atoms with Gasteiger partial charge in [-0.25, -0.2) is 4.98 Å². The highest BCUT2D eigenvalue weighted by Crippen LogP contribution is 2.01. The zero-order valence-electron chi connectivity index (χ0n) is 14.2. The second-order valence-corrected chi connectivity index (χ2v) is 6.22. The summed E-state index contributed by atoms with van der Waals surface area (Å²) in [5.74, 6) is -3.16. The molecule has 0 spiro atoms. The summed E-state index contributed by atoms with van der Waals surface area (Å²) in [6.07, 6.45) is 2.98. The van der Waals surface area contributed by atoms with Gasteiger partial charge in [0, 0.05) is 29.8 Å². The molecule has 0 fully saturated rings. The maximum Gasteiger partial charge on any atom is 0.322 e. The van der Waals surface area contributed by atoms with Crippen LogP contribution >= 0.6 is 25.3 Å². The first kappa shape index (κ1) is 22.8. The van der Waals surface area contributed by atoms with Crippen molar-refractivity contribution in [3.05, 3.63) is 18.2 Å². The second-order valence-electron chi connectivity index (χ2n) is 5.49. The van der Waals surface area contributed by atoms with E-state index in [1.165, 1.54) is 12.5 Å². The van der Waals surface area contributed by atoms with E-state index in [1.54, 1.807) is 0 Å². The first-order valence-electron chi connectivity index (χ1n) is 7.83. The Bertz CT molecular complexity index is 656. The van der Waals surface area contributed by atoms with E-state index in [0.717, 1.165) is 0 Å². The molecule has 7 N–H and O–H groups in total. The van der Waals surface area contributed by atoms with Crippen molar-refractivity contribution in [1.29, 1.82) is 0 Å². The number of thiol groups is 2. The molecule has 1 heterocycles. The standard InChI is InChI=1S/C14H22N6O5S2/c15-8(4-26)12(23)19-9(1-7-2-16-6-18-7)14(25)20-10(5-27)13(24)17-3-11(21)22/h2,6,8-10,26-27H,1,3-5,15H2,(H,16,18)(H,17,24)(H,19,23)(H,20,25)(H,21,22). The second kappa shape index (κ2) is 11.5. The number of carbonyl (C=O) groups is 4. The van der Waals surface area contributed by atoms with Gasteiger partial charge in [0.05, 0.1) is 12.4 Å². The molecule has 0 bridgehead atoms. The number of nitrogens with two attached hydrogens (primary N) is 1. The number of nitrogens with zero attached hydrogens (tertiary/aromatic N) is 1. The molecule has 0 radical (unpaired) electrons. The predicted molar refractivity (Wildman–Crippen MR) is 102 cm³/mol. The summed E-state index contributed by atoms with van der Waals surface area (Å²) >= 11 is 7.93. The molecule has 3 unspecified atom stereocenters. The van der Waals surface area contributed by atoms with E-state index in [1.807, 2.05) is 0 Å². The molecule has 1 rings (SSSR count). The number of imidazole rings is 1. The lowest BCUT2D eigenvalue weighted by Gasteiger charge is -2.22. The Balaban J connectivity index is 2.82. The van der Waals surface area contributed by atoms with Crippen molar-refractivity contribution in [2.45, 2.75) is 24.5 Å². The fourth-order valence-corrected chi connectivity index (χ4v) is 2.36. The summed E-state index contributed by atoms with van der Waals surface area (Å²) in [7, 11) is 0. The average molecular weight is 419 g/mol. The number of carboxylic acids is 1. The number of carbonyl (C=O) groups excluding carboxylic acids is 3. The van der Waals surface area contributed by atoms with Gasteiger partial charge in [-0.3, -0.25) is 19.2 Å². The van der Waals surface area contributed by atoms with Gasteiger partial charge in [0.25, 0.3) is 0 Å². The number of aliphatic carboxylic acids is 1. The van der Waals surface area contributed by atoms with E-state index in [-0.39, 0.29) is 17.9 Å². The lowest BCUT2D eigenvalue weighted by atomic mass is 10.1. The highest BCUT2D eigenvalue weighted by molar-refractivity contribution is 7.80. The molecule has 0 aliphatic rings. The first-order valence-corrected chi connectivity index (χ1v) is 9.09. The third kappa shape index (κ3) is 7.88. The number of amides is 3. The Hall–Kier alpha value is -2.25. The first-order chi connectivity index (χ1) is 12.8. The van der Waals surface area contributed by atoms with E-state index in [2.05, 4.69) is 51.2 Å². The zero-order chi connectivity index (χ0) is 20.4. The van der Waals surface area contributed by atoms with Crippen LogP contribution in [0.15, 0.2) is 12.5 Å². The van der Waals surface area contributed by atoms with Crippen LogP contribution < -0.4 is 21.7 Å². The molecule has 150 valence electrons. The topological polar surface area (TPSA) is 179 Å². The highest BCUT2D eigenvalue weighted by Gasteiger charge is 2.28. The largest absolute Gasteiger partial charge is 0.480 e. The van der Waals surface area contributed by atoms with Crippen molar-refractivity contribution in [2.75, 3.05) is 18.1 Å². The van der Waals surface area contributed by atoms with Gasteiger partial charge >= 0.3 is 5.97 Å². The van der Waals surface area contributed by atoms with E-state index in [0.29, 0.717) is 5.69 Å². The van der Waals surface area contributed by atoms with Gasteiger partial charge < -0.3 is 31.8 Å². The molecular formula is C14H22N6O5S2. The van der Waals surface area contributed by atoms with Crippen LogP contribution in [-0.2, 0) is 25.6 Å². The smallest absolute Gasteiger partial charge is 0.322 e. The summed E-state index contributed by atoms with van der Waals surface area (Å²) in [5, 5.41) is 15.7. The quantitative estimate of drug-likeness (QED) is 0.180. The molecular weight excluding hydrogens is 396 g/mol. The minimum absolute atomic E-state index is 0.0714. The van der Waals surface area contributed by atoms with Crippen LogP contribution in [0.1, 0.15) is 5.69 Å². The zero-order valence-corrected chi connectivity index (χ0v) is 16.0. The van der Waals surface area contributed by atoms with Gasteiger partial charge in [0.1, 0.15) is 18.6 Å². The Labute approximate surface area is 166 Å². The van der Waals surface area contributed by atoms with Gasteiger partial charge in [0.2, 0.25) is 17.7 Å². The molecule has 0 aliphatic heterocycles. The Morgan fingerprint density at radius 2 is 1.78 bits per heavy atom. The van der Waals surface area contributed by atoms with Crippen LogP contribution in [0.25, 0.3) is 0 Å². The summed E-state index contributed by atoms with van der Waals surface area (Å²) in [6.45, 7) is -0.593. The van der Waals surface area contributed by atoms with Crippen molar-refractivity contribution in [3.8, 4) is 0 Å². The number of aromatic amines is 1. The van der Waals surface area contributed by atoms with Crippen LogP contribution in [0.3, 0.4) is 0 Å². The van der Waals surface area contributed by atoms with Crippen LogP contribution in [0, 0.1) is 0 Å². The fourth-order valence-electron chi connectivity index (χ4n) is 1.94. The van der Waals surface area contributed by atoms with Crippen LogP contribution in [-0.4, -0.2) is 74.9 Å². The molecule has 27 heavy (non-hydrogen) atoms. The normalized spacial score (nSPS) is 13.9. The highest BCUT2D eigenvalue weighted by atomic mass is 32.1. The van der Waals surface area contributed by atoms with Gasteiger partial charge in [-0.05, 0) is 0 Å². The summed E-state index contributed by atoms with van der Waals surface area (Å²) < 4.78 is 0. The monoisotopic (exact) mass is 418 g/mol. The van der Waals surface area contributed by atoms with Crippen LogP contribution in [0.4, 0.5) is 0 Å². The van der Waals surface area contributed by atoms with Crippen LogP contribution in [0.2, 0.25) is 0 Å². The maximum absolute atomic E-state index is 12.6. The molecule has 1 aromatic rings. The van der Waals surface area contributed by atoms with E-state index >= 15 is 0 Å². The number of hydrogen-bond donors (Lipinski definition) is 8. The molecule has 1 aromatic heterocycles. The van der Waals surface area contributed by atoms with Gasteiger partial charge in [-0.15, -0.1) is 0 Å². The van der Waals surface area contributed by atoms with E-state index in [9.17, 15) is 19.2 Å². The molecule has 3 atom stereocenters. The van der Waals surface area contributed by atoms with Crippen molar-refractivity contribution >= 4 is 48.9 Å². The van der Waals surface area contributed by atoms with Gasteiger partial charge in [-0.2, -0.15) is 25.3 Å². The van der Waals surface area contributed by atoms with Crippen molar-refractivity contribution < 1.29 is 24.3 Å². The lowest BCUT2D eigenvalue weighted by molar-refractivity contribution is -0.138. The number of rotatable bonds is 11. The molecule has 0 saturated heterocycles. The number of hydrogen-bond acceptors (Lipinski definition) is 8. The van der Waals surface area contributed by atoms with Crippen molar-refractivity contribution in [2.24, 2.45) is 5.73 Å². The van der Waals surface area contributed by atoms with Gasteiger partial charge in [0.15, 0.2) is 0 Å². The summed E-state index contributed by atoms with van der Waals surface area (Å²) in [4.78, 5) is 53.8. The molecule has 0 saturated carbocycles. The maximum atomic E-state index is 12.6. The minimum Gasteiger partial charge on any atom is -0.480 e. The van der Waals surface area contributed by atoms with Gasteiger partial charge in [-0.1, -0.05) is 0 Å². The number of nitrogens with one attached hydrogen (secondary N) is 4. The minimum atomic E-state index is -1.22. The number of H-pyrrole nitrogens is 1. The summed E-state index contributed by atoms with van der Waals surface area (Å²) in [5.41, 5.74) is 6.19. The van der Waals surface area contributed by atoms with Crippen molar-refractivity contribution in [3.63, 3.8) is 0 Å². The molecule has 11 nitrogen and oxygen atoms in total. The third-order valence-electron chi connectivity index (χ3n) is 3.37.